The number of pyridine rings is 1. The third kappa shape index (κ3) is 3.91. The fourth-order valence-corrected chi connectivity index (χ4v) is 4.46. The number of thiocarbonyl (C=S) groups is 1. The van der Waals surface area contributed by atoms with Gasteiger partial charge in [-0.25, -0.2) is 0 Å². The zero-order chi connectivity index (χ0) is 20.4. The minimum Gasteiger partial charge on any atom is -0.383 e. The normalized spacial score (nSPS) is 18.9. The Balaban J connectivity index is 1.83. The largest absolute Gasteiger partial charge is 0.383 e. The molecule has 1 aliphatic rings. The number of rotatable bonds is 6. The summed E-state index contributed by atoms with van der Waals surface area (Å²) in [6, 6.07) is 16.8. The van der Waals surface area contributed by atoms with Crippen LogP contribution in [0.4, 0.5) is 5.69 Å². The molecule has 1 aromatic carbocycles. The molecule has 0 aliphatic carbocycles. The Morgan fingerprint density at radius 2 is 1.90 bits per heavy atom. The van der Waals surface area contributed by atoms with Crippen LogP contribution in [0.5, 0.6) is 0 Å². The lowest BCUT2D eigenvalue weighted by Gasteiger charge is -2.29. The molecule has 0 radical (unpaired) electrons. The number of methoxy groups -OCH3 is 1. The number of hydrogen-bond acceptors (Lipinski definition) is 3. The molecule has 1 fully saturated rings. The first-order chi connectivity index (χ1) is 14.1. The molecule has 1 saturated heterocycles. The third-order valence-corrected chi connectivity index (χ3v) is 5.60. The minimum absolute atomic E-state index is 0.00884. The molecule has 6 heteroatoms. The number of nitrogens with zero attached hydrogens (tertiary/aromatic N) is 3. The molecule has 2 unspecified atom stereocenters. The molecule has 29 heavy (non-hydrogen) atoms. The van der Waals surface area contributed by atoms with Gasteiger partial charge >= 0.3 is 0 Å². The van der Waals surface area contributed by atoms with Gasteiger partial charge in [0, 0.05) is 37.4 Å². The van der Waals surface area contributed by atoms with Gasteiger partial charge in [0.2, 0.25) is 0 Å². The summed E-state index contributed by atoms with van der Waals surface area (Å²) in [7, 11) is 1.73. The van der Waals surface area contributed by atoms with Crippen molar-refractivity contribution in [2.75, 3.05) is 18.6 Å². The number of hydrogen-bond donors (Lipinski definition) is 1. The number of ether oxygens (including phenoxy) is 1. The summed E-state index contributed by atoms with van der Waals surface area (Å²) in [5, 5.41) is 4.25. The van der Waals surface area contributed by atoms with Crippen molar-refractivity contribution >= 4 is 23.0 Å². The predicted octanol–water partition coefficient (Wildman–Crippen LogP) is 4.32. The smallest absolute Gasteiger partial charge is 0.174 e. The van der Waals surface area contributed by atoms with Crippen molar-refractivity contribution in [3.05, 3.63) is 83.4 Å². The molecule has 2 atom stereocenters. The molecule has 0 amide bonds. The molecule has 3 heterocycles. The van der Waals surface area contributed by atoms with Gasteiger partial charge < -0.3 is 19.5 Å². The Bertz CT molecular complexity index is 981. The number of nitrogens with one attached hydrogen (secondary N) is 1. The molecule has 4 rings (SSSR count). The molecule has 0 spiro atoms. The van der Waals surface area contributed by atoms with E-state index in [1.54, 1.807) is 7.11 Å². The second-order valence-electron chi connectivity index (χ2n) is 7.46. The van der Waals surface area contributed by atoms with Gasteiger partial charge in [-0.2, -0.15) is 0 Å². The molecule has 3 aromatic rings. The van der Waals surface area contributed by atoms with E-state index >= 15 is 0 Å². The summed E-state index contributed by atoms with van der Waals surface area (Å²) in [6.07, 6.45) is 3.94. The highest BCUT2D eigenvalue weighted by Crippen LogP contribution is 2.42. The lowest BCUT2D eigenvalue weighted by Crippen LogP contribution is -2.30. The first kappa shape index (κ1) is 19.6. The van der Waals surface area contributed by atoms with Crippen molar-refractivity contribution in [1.29, 1.82) is 0 Å². The van der Waals surface area contributed by atoms with Gasteiger partial charge in [0.25, 0.3) is 0 Å². The molecular weight excluding hydrogens is 380 g/mol. The van der Waals surface area contributed by atoms with Crippen LogP contribution in [0.2, 0.25) is 0 Å². The maximum absolute atomic E-state index is 5.82. The van der Waals surface area contributed by atoms with Crippen LogP contribution in [0.25, 0.3) is 0 Å². The van der Waals surface area contributed by atoms with E-state index in [2.05, 4.69) is 76.2 Å². The van der Waals surface area contributed by atoms with Gasteiger partial charge in [0.1, 0.15) is 6.04 Å². The summed E-state index contributed by atoms with van der Waals surface area (Å²) in [5.74, 6) is 0. The van der Waals surface area contributed by atoms with Crippen molar-refractivity contribution in [1.82, 2.24) is 14.9 Å². The van der Waals surface area contributed by atoms with Crippen LogP contribution in [-0.4, -0.2) is 28.4 Å². The first-order valence-electron chi connectivity index (χ1n) is 9.81. The van der Waals surface area contributed by atoms with Gasteiger partial charge in [-0.3, -0.25) is 4.98 Å². The zero-order valence-electron chi connectivity index (χ0n) is 17.0. The summed E-state index contributed by atoms with van der Waals surface area (Å²) < 4.78 is 7.57. The topological polar surface area (TPSA) is 42.3 Å². The van der Waals surface area contributed by atoms with Crippen LogP contribution in [0, 0.1) is 13.8 Å². The molecular formula is C23H26N4OS. The monoisotopic (exact) mass is 406 g/mol. The van der Waals surface area contributed by atoms with Crippen molar-refractivity contribution in [3.8, 4) is 0 Å². The number of anilines is 1. The van der Waals surface area contributed by atoms with E-state index in [1.807, 2.05) is 18.3 Å². The van der Waals surface area contributed by atoms with Crippen LogP contribution >= 0.6 is 12.2 Å². The molecule has 1 aliphatic heterocycles. The second-order valence-corrected chi connectivity index (χ2v) is 7.85. The predicted molar refractivity (Wildman–Crippen MR) is 120 cm³/mol. The molecule has 1 N–H and O–H groups in total. The average molecular weight is 407 g/mol. The van der Waals surface area contributed by atoms with Crippen molar-refractivity contribution < 1.29 is 4.74 Å². The summed E-state index contributed by atoms with van der Waals surface area (Å²) in [5.41, 5.74) is 5.70. The van der Waals surface area contributed by atoms with Crippen molar-refractivity contribution in [2.24, 2.45) is 0 Å². The van der Waals surface area contributed by atoms with Crippen LogP contribution in [-0.2, 0) is 11.3 Å². The summed E-state index contributed by atoms with van der Waals surface area (Å²) >= 11 is 5.82. The van der Waals surface area contributed by atoms with Crippen LogP contribution < -0.4 is 10.2 Å². The molecule has 5 nitrogen and oxygen atoms in total. The average Bonchev–Trinajstić information content (AvgIpc) is 3.29. The van der Waals surface area contributed by atoms with E-state index in [-0.39, 0.29) is 12.1 Å². The number of aromatic nitrogens is 2. The van der Waals surface area contributed by atoms with Gasteiger partial charge in [-0.05, 0) is 73.6 Å². The van der Waals surface area contributed by atoms with Gasteiger partial charge in [0.05, 0.1) is 18.3 Å². The van der Waals surface area contributed by atoms with Gasteiger partial charge in [-0.15, -0.1) is 0 Å². The minimum atomic E-state index is -0.0410. The Hall–Kier alpha value is -2.70. The van der Waals surface area contributed by atoms with E-state index in [9.17, 15) is 0 Å². The van der Waals surface area contributed by atoms with Gasteiger partial charge in [-0.1, -0.05) is 12.1 Å². The maximum atomic E-state index is 5.82. The quantitative estimate of drug-likeness (QED) is 0.618. The Kier molecular flexibility index (Phi) is 5.65. The van der Waals surface area contributed by atoms with Crippen molar-refractivity contribution in [2.45, 2.75) is 32.5 Å². The Morgan fingerprint density at radius 3 is 2.59 bits per heavy atom. The second kappa shape index (κ2) is 8.35. The van der Waals surface area contributed by atoms with E-state index in [0.717, 1.165) is 23.0 Å². The van der Waals surface area contributed by atoms with Crippen molar-refractivity contribution in [3.63, 3.8) is 0 Å². The third-order valence-electron chi connectivity index (χ3n) is 5.29. The van der Waals surface area contributed by atoms with Gasteiger partial charge in [0.15, 0.2) is 5.11 Å². The number of aryl methyl sites for hydroxylation is 2. The van der Waals surface area contributed by atoms with E-state index < -0.39 is 0 Å². The highest BCUT2D eigenvalue weighted by molar-refractivity contribution is 7.80. The number of benzene rings is 1. The Morgan fingerprint density at radius 1 is 1.10 bits per heavy atom. The molecule has 0 saturated carbocycles. The fraction of sp³-hybridized carbons (Fsp3) is 0.304. The fourth-order valence-electron chi connectivity index (χ4n) is 4.11. The molecule has 150 valence electrons. The standard InChI is InChI=1S/C23H26N4OS/c1-16-13-17(2)15-18(14-16)27-22(20-8-6-10-26(20)11-12-28-3)21(25-23(27)29)19-7-4-5-9-24-19/h4-10,13-15,21-22H,11-12H2,1-3H3,(H,25,29). The van der Waals surface area contributed by atoms with E-state index in [1.165, 1.54) is 16.8 Å². The lowest BCUT2D eigenvalue weighted by molar-refractivity contribution is 0.186. The highest BCUT2D eigenvalue weighted by atomic mass is 32.1. The zero-order valence-corrected chi connectivity index (χ0v) is 17.8. The summed E-state index contributed by atoms with van der Waals surface area (Å²) in [4.78, 5) is 6.86. The Labute approximate surface area is 177 Å². The van der Waals surface area contributed by atoms with Crippen LogP contribution in [0.1, 0.15) is 34.6 Å². The molecule has 0 bridgehead atoms. The maximum Gasteiger partial charge on any atom is 0.174 e. The van der Waals surface area contributed by atoms with Crippen LogP contribution in [0.15, 0.2) is 60.9 Å². The highest BCUT2D eigenvalue weighted by Gasteiger charge is 2.42. The summed E-state index contributed by atoms with van der Waals surface area (Å²) in [6.45, 7) is 5.69. The molecule has 2 aromatic heterocycles. The first-order valence-corrected chi connectivity index (χ1v) is 10.2. The van der Waals surface area contributed by atoms with Crippen LogP contribution in [0.3, 0.4) is 0 Å². The van der Waals surface area contributed by atoms with E-state index in [4.69, 9.17) is 17.0 Å². The SMILES string of the molecule is COCCn1cccc1C1C(c2ccccn2)NC(=S)N1c1cc(C)cc(C)c1. The lowest BCUT2D eigenvalue weighted by atomic mass is 10.00. The van der Waals surface area contributed by atoms with E-state index in [0.29, 0.717) is 6.61 Å².